The molecule has 1 fully saturated rings. The van der Waals surface area contributed by atoms with E-state index in [0.29, 0.717) is 24.5 Å². The van der Waals surface area contributed by atoms with Crippen molar-refractivity contribution in [3.05, 3.63) is 16.1 Å². The Hall–Kier alpha value is -1.67. The molecule has 1 aromatic rings. The molecule has 0 radical (unpaired) electrons. The average Bonchev–Trinajstić information content (AvgIpc) is 2.92. The first kappa shape index (κ1) is 13.8. The minimum Gasteiger partial charge on any atom is -0.476 e. The zero-order valence-electron chi connectivity index (χ0n) is 10.4. The summed E-state index contributed by atoms with van der Waals surface area (Å²) in [5, 5.41) is 23.1. The van der Waals surface area contributed by atoms with Gasteiger partial charge in [-0.1, -0.05) is 0 Å². The first-order valence-electron chi connectivity index (χ1n) is 5.80. The molecular formula is C11H15N3O4S. The predicted molar refractivity (Wildman–Crippen MR) is 68.1 cm³/mol. The molecular weight excluding hydrogens is 270 g/mol. The number of aliphatic hydroxyl groups is 1. The van der Waals surface area contributed by atoms with Gasteiger partial charge in [0, 0.05) is 11.9 Å². The molecule has 2 amide bonds. The van der Waals surface area contributed by atoms with E-state index in [-0.39, 0.29) is 18.3 Å². The highest BCUT2D eigenvalue weighted by Crippen LogP contribution is 2.20. The summed E-state index contributed by atoms with van der Waals surface area (Å²) >= 11 is 1.19. The third kappa shape index (κ3) is 3.42. The number of carboxylic acid groups (broad SMARTS) is 1. The molecule has 1 aliphatic heterocycles. The molecule has 0 saturated carbocycles. The zero-order valence-corrected chi connectivity index (χ0v) is 11.2. The first-order chi connectivity index (χ1) is 8.87. The summed E-state index contributed by atoms with van der Waals surface area (Å²) < 4.78 is 0. The smallest absolute Gasteiger partial charge is 0.355 e. The number of urea groups is 1. The van der Waals surface area contributed by atoms with Gasteiger partial charge in [-0.2, -0.15) is 0 Å². The van der Waals surface area contributed by atoms with Crippen LogP contribution in [0.3, 0.4) is 0 Å². The van der Waals surface area contributed by atoms with Crippen LogP contribution >= 0.6 is 11.3 Å². The lowest BCUT2D eigenvalue weighted by molar-refractivity contribution is 0.0689. The lowest BCUT2D eigenvalue weighted by Crippen LogP contribution is -2.40. The van der Waals surface area contributed by atoms with Crippen LogP contribution in [-0.2, 0) is 6.54 Å². The molecule has 2 rings (SSSR count). The first-order valence-corrected chi connectivity index (χ1v) is 6.68. The number of β-amino-alcohol motifs (C(OH)–C–C–N with tert-alkyl or cyclic N) is 1. The van der Waals surface area contributed by atoms with E-state index in [0.717, 1.165) is 0 Å². The van der Waals surface area contributed by atoms with E-state index >= 15 is 0 Å². The van der Waals surface area contributed by atoms with Gasteiger partial charge in [-0.15, -0.1) is 11.3 Å². The summed E-state index contributed by atoms with van der Waals surface area (Å²) in [6, 6.07) is -0.273. The minimum absolute atomic E-state index is 0.0154. The number of carbonyl (C=O) groups is 2. The summed E-state index contributed by atoms with van der Waals surface area (Å²) in [6.07, 6.45) is 0.556. The molecule has 1 unspecified atom stereocenters. The van der Waals surface area contributed by atoms with Crippen molar-refractivity contribution in [3.63, 3.8) is 0 Å². The van der Waals surface area contributed by atoms with Gasteiger partial charge in [-0.05, 0) is 13.3 Å². The molecule has 1 aromatic heterocycles. The predicted octanol–water partition coefficient (Wildman–Crippen LogP) is 0.508. The Morgan fingerprint density at radius 3 is 2.89 bits per heavy atom. The maximum absolute atomic E-state index is 11.8. The number of aromatic nitrogens is 1. The zero-order chi connectivity index (χ0) is 14.0. The van der Waals surface area contributed by atoms with Crippen LogP contribution in [0.2, 0.25) is 0 Å². The highest BCUT2D eigenvalue weighted by Gasteiger charge is 2.33. The van der Waals surface area contributed by atoms with Crippen LogP contribution in [0, 0.1) is 0 Å². The van der Waals surface area contributed by atoms with Crippen LogP contribution < -0.4 is 5.32 Å². The number of amides is 2. The topological polar surface area (TPSA) is 103 Å². The number of thiazole rings is 1. The number of nitrogens with one attached hydrogen (secondary N) is 1. The molecule has 0 aliphatic carbocycles. The van der Waals surface area contributed by atoms with Crippen LogP contribution in [0.4, 0.5) is 4.79 Å². The normalized spacial score (nSPS) is 22.5. The van der Waals surface area contributed by atoms with E-state index in [9.17, 15) is 14.7 Å². The van der Waals surface area contributed by atoms with Crippen LogP contribution in [0.5, 0.6) is 0 Å². The summed E-state index contributed by atoms with van der Waals surface area (Å²) in [7, 11) is 0. The standard InChI is InChI=1S/C11H15N3O4S/c1-11(18)2-3-14(6-11)10(17)12-4-8-13-7(5-19-8)9(15)16/h5,18H,2-4,6H2,1H3,(H,12,17)(H,15,16). The Labute approximate surface area is 113 Å². The quantitative estimate of drug-likeness (QED) is 0.750. The average molecular weight is 285 g/mol. The molecule has 0 spiro atoms. The number of nitrogens with zero attached hydrogens (tertiary/aromatic N) is 2. The Bertz CT molecular complexity index is 500. The summed E-state index contributed by atoms with van der Waals surface area (Å²) in [5.74, 6) is -1.08. The SMILES string of the molecule is CC1(O)CCN(C(=O)NCc2nc(C(=O)O)cs2)C1. The summed E-state index contributed by atoms with van der Waals surface area (Å²) in [5.41, 5.74) is -0.840. The van der Waals surface area contributed by atoms with E-state index in [4.69, 9.17) is 5.11 Å². The third-order valence-electron chi connectivity index (χ3n) is 2.90. The molecule has 2 heterocycles. The number of hydrogen-bond acceptors (Lipinski definition) is 5. The summed E-state index contributed by atoms with van der Waals surface area (Å²) in [6.45, 7) is 2.70. The molecule has 1 saturated heterocycles. The van der Waals surface area contributed by atoms with Crippen LogP contribution in [-0.4, -0.2) is 50.8 Å². The number of rotatable bonds is 3. The van der Waals surface area contributed by atoms with Crippen molar-refractivity contribution in [2.24, 2.45) is 0 Å². The molecule has 1 atom stereocenters. The third-order valence-corrected chi connectivity index (χ3v) is 3.75. The van der Waals surface area contributed by atoms with Crippen LogP contribution in [0.15, 0.2) is 5.38 Å². The second kappa shape index (κ2) is 5.14. The fourth-order valence-corrected chi connectivity index (χ4v) is 2.58. The summed E-state index contributed by atoms with van der Waals surface area (Å²) in [4.78, 5) is 27.9. The molecule has 0 aromatic carbocycles. The van der Waals surface area contributed by atoms with Gasteiger partial charge in [0.2, 0.25) is 0 Å². The number of likely N-dealkylation sites (tertiary alicyclic amines) is 1. The highest BCUT2D eigenvalue weighted by molar-refractivity contribution is 7.09. The second-order valence-electron chi connectivity index (χ2n) is 4.76. The van der Waals surface area contributed by atoms with Crippen molar-refractivity contribution >= 4 is 23.3 Å². The van der Waals surface area contributed by atoms with Gasteiger partial charge in [0.25, 0.3) is 0 Å². The molecule has 0 bridgehead atoms. The van der Waals surface area contributed by atoms with Crippen LogP contribution in [0.25, 0.3) is 0 Å². The van der Waals surface area contributed by atoms with E-state index in [1.807, 2.05) is 0 Å². The van der Waals surface area contributed by atoms with Crippen molar-refractivity contribution < 1.29 is 19.8 Å². The molecule has 7 nitrogen and oxygen atoms in total. The van der Waals surface area contributed by atoms with E-state index in [1.54, 1.807) is 6.92 Å². The van der Waals surface area contributed by atoms with Crippen molar-refractivity contribution in [2.45, 2.75) is 25.5 Å². The molecule has 1 aliphatic rings. The molecule has 19 heavy (non-hydrogen) atoms. The molecule has 3 N–H and O–H groups in total. The lowest BCUT2D eigenvalue weighted by atomic mass is 10.1. The monoisotopic (exact) mass is 285 g/mol. The van der Waals surface area contributed by atoms with Gasteiger partial charge in [0.15, 0.2) is 5.69 Å². The van der Waals surface area contributed by atoms with Gasteiger partial charge < -0.3 is 20.4 Å². The van der Waals surface area contributed by atoms with Gasteiger partial charge in [0.1, 0.15) is 5.01 Å². The number of aromatic carboxylic acids is 1. The largest absolute Gasteiger partial charge is 0.476 e. The number of carbonyl (C=O) groups excluding carboxylic acids is 1. The number of hydrogen-bond donors (Lipinski definition) is 3. The van der Waals surface area contributed by atoms with Gasteiger partial charge >= 0.3 is 12.0 Å². The molecule has 104 valence electrons. The van der Waals surface area contributed by atoms with Gasteiger partial charge in [-0.25, -0.2) is 14.6 Å². The van der Waals surface area contributed by atoms with E-state index in [1.165, 1.54) is 21.6 Å². The van der Waals surface area contributed by atoms with Crippen LogP contribution in [0.1, 0.15) is 28.8 Å². The fraction of sp³-hybridized carbons (Fsp3) is 0.545. The Balaban J connectivity index is 1.85. The maximum Gasteiger partial charge on any atom is 0.355 e. The van der Waals surface area contributed by atoms with Crippen molar-refractivity contribution in [1.82, 2.24) is 15.2 Å². The van der Waals surface area contributed by atoms with Crippen molar-refractivity contribution in [1.29, 1.82) is 0 Å². The Morgan fingerprint density at radius 1 is 1.63 bits per heavy atom. The Morgan fingerprint density at radius 2 is 2.37 bits per heavy atom. The number of carboxylic acids is 1. The lowest BCUT2D eigenvalue weighted by Gasteiger charge is -2.19. The van der Waals surface area contributed by atoms with E-state index < -0.39 is 11.6 Å². The van der Waals surface area contributed by atoms with Crippen molar-refractivity contribution in [3.8, 4) is 0 Å². The fourth-order valence-electron chi connectivity index (χ4n) is 1.87. The van der Waals surface area contributed by atoms with E-state index in [2.05, 4.69) is 10.3 Å². The molecule has 8 heteroatoms. The van der Waals surface area contributed by atoms with Crippen molar-refractivity contribution in [2.75, 3.05) is 13.1 Å². The second-order valence-corrected chi connectivity index (χ2v) is 5.70. The minimum atomic E-state index is -1.08. The van der Waals surface area contributed by atoms with Gasteiger partial charge in [0.05, 0.1) is 18.7 Å². The highest BCUT2D eigenvalue weighted by atomic mass is 32.1. The maximum atomic E-state index is 11.8. The van der Waals surface area contributed by atoms with Gasteiger partial charge in [-0.3, -0.25) is 0 Å². The Kier molecular flexibility index (Phi) is 3.72.